The van der Waals surface area contributed by atoms with Crippen molar-refractivity contribution in [1.29, 1.82) is 0 Å². The molecule has 4 heteroatoms. The van der Waals surface area contributed by atoms with E-state index in [2.05, 4.69) is 13.8 Å². The molecule has 0 aromatic rings. The summed E-state index contributed by atoms with van der Waals surface area (Å²) >= 11 is 0. The Morgan fingerprint density at radius 2 is 1.61 bits per heavy atom. The Morgan fingerprint density at radius 1 is 1.17 bits per heavy atom. The molecule has 4 nitrogen and oxygen atoms in total. The van der Waals surface area contributed by atoms with Crippen LogP contribution < -0.4 is 0 Å². The molecule has 0 saturated carbocycles. The maximum atomic E-state index is 12.3. The van der Waals surface area contributed by atoms with Crippen molar-refractivity contribution in [3.8, 4) is 0 Å². The summed E-state index contributed by atoms with van der Waals surface area (Å²) in [6.07, 6.45) is 1.88. The second-order valence-corrected chi connectivity index (χ2v) is 7.13. The van der Waals surface area contributed by atoms with Crippen molar-refractivity contribution in [1.82, 2.24) is 4.90 Å². The quantitative estimate of drug-likeness (QED) is 0.771. The monoisotopic (exact) mass is 255 g/mol. The third kappa shape index (κ3) is 3.47. The lowest BCUT2D eigenvalue weighted by Crippen LogP contribution is -2.49. The van der Waals surface area contributed by atoms with E-state index < -0.39 is 17.3 Å². The molecule has 0 bridgehead atoms. The number of carbonyl (C=O) groups excluding carboxylic acids is 1. The van der Waals surface area contributed by atoms with E-state index in [1.807, 2.05) is 0 Å². The molecule has 1 heterocycles. The van der Waals surface area contributed by atoms with Crippen LogP contribution in [0, 0.1) is 16.7 Å². The standard InChI is InChI=1S/C14H25NO3/c1-13(2,3)10(12(17)18)11(16)15-8-6-14(4,5)7-9-15/h10H,6-9H2,1-5H3,(H,17,18). The van der Waals surface area contributed by atoms with E-state index in [4.69, 9.17) is 0 Å². The van der Waals surface area contributed by atoms with Gasteiger partial charge < -0.3 is 10.0 Å². The van der Waals surface area contributed by atoms with Crippen LogP contribution in [0.5, 0.6) is 0 Å². The van der Waals surface area contributed by atoms with E-state index in [1.54, 1.807) is 25.7 Å². The molecule has 1 amide bonds. The normalized spacial score (nSPS) is 21.5. The number of piperidine rings is 1. The summed E-state index contributed by atoms with van der Waals surface area (Å²) in [5.41, 5.74) is -0.285. The van der Waals surface area contributed by atoms with E-state index in [0.29, 0.717) is 13.1 Å². The lowest BCUT2D eigenvalue weighted by Gasteiger charge is -2.39. The summed E-state index contributed by atoms with van der Waals surface area (Å²) in [5.74, 6) is -2.19. The molecule has 1 unspecified atom stereocenters. The Hall–Kier alpha value is -1.06. The van der Waals surface area contributed by atoms with E-state index in [0.717, 1.165) is 12.8 Å². The average Bonchev–Trinajstić information content (AvgIpc) is 2.13. The molecule has 104 valence electrons. The van der Waals surface area contributed by atoms with Gasteiger partial charge in [-0.15, -0.1) is 0 Å². The van der Waals surface area contributed by atoms with Crippen molar-refractivity contribution in [2.24, 2.45) is 16.7 Å². The van der Waals surface area contributed by atoms with Gasteiger partial charge in [-0.3, -0.25) is 9.59 Å². The van der Waals surface area contributed by atoms with E-state index in [-0.39, 0.29) is 11.3 Å². The second-order valence-electron chi connectivity index (χ2n) is 7.13. The topological polar surface area (TPSA) is 57.6 Å². The number of carbonyl (C=O) groups is 2. The number of aliphatic carboxylic acids is 1. The van der Waals surface area contributed by atoms with Gasteiger partial charge in [-0.05, 0) is 23.7 Å². The first-order valence-corrected chi connectivity index (χ1v) is 6.56. The van der Waals surface area contributed by atoms with Crippen LogP contribution in [0.4, 0.5) is 0 Å². The first-order valence-electron chi connectivity index (χ1n) is 6.56. The van der Waals surface area contributed by atoms with Crippen molar-refractivity contribution in [3.05, 3.63) is 0 Å². The van der Waals surface area contributed by atoms with Gasteiger partial charge in [-0.25, -0.2) is 0 Å². The maximum Gasteiger partial charge on any atom is 0.316 e. The number of hydrogen-bond acceptors (Lipinski definition) is 2. The van der Waals surface area contributed by atoms with E-state index in [9.17, 15) is 14.7 Å². The van der Waals surface area contributed by atoms with Crippen LogP contribution in [0.15, 0.2) is 0 Å². The Kier molecular flexibility index (Phi) is 4.08. The number of carboxylic acid groups (broad SMARTS) is 1. The van der Waals surface area contributed by atoms with Crippen molar-refractivity contribution >= 4 is 11.9 Å². The van der Waals surface area contributed by atoms with Gasteiger partial charge in [0.25, 0.3) is 0 Å². The van der Waals surface area contributed by atoms with Gasteiger partial charge in [0.05, 0.1) is 0 Å². The molecule has 0 aromatic heterocycles. The first kappa shape index (κ1) is 15.0. The van der Waals surface area contributed by atoms with Crippen LogP contribution in [0.3, 0.4) is 0 Å². The molecule has 18 heavy (non-hydrogen) atoms. The van der Waals surface area contributed by atoms with Crippen LogP contribution in [-0.2, 0) is 9.59 Å². The summed E-state index contributed by atoms with van der Waals surface area (Å²) in [5, 5.41) is 9.27. The summed E-state index contributed by atoms with van der Waals surface area (Å²) in [6.45, 7) is 11.1. The SMILES string of the molecule is CC1(C)CCN(C(=O)C(C(=O)O)C(C)(C)C)CC1. The van der Waals surface area contributed by atoms with Gasteiger partial charge in [0, 0.05) is 13.1 Å². The van der Waals surface area contributed by atoms with Crippen molar-refractivity contribution in [2.45, 2.75) is 47.5 Å². The third-order valence-electron chi connectivity index (χ3n) is 3.79. The highest BCUT2D eigenvalue weighted by Gasteiger charge is 2.41. The predicted molar refractivity (Wildman–Crippen MR) is 70.2 cm³/mol. The van der Waals surface area contributed by atoms with E-state index >= 15 is 0 Å². The highest BCUT2D eigenvalue weighted by molar-refractivity contribution is 5.97. The summed E-state index contributed by atoms with van der Waals surface area (Å²) in [7, 11) is 0. The molecule has 1 N–H and O–H groups in total. The Morgan fingerprint density at radius 3 is 1.94 bits per heavy atom. The highest BCUT2D eigenvalue weighted by atomic mass is 16.4. The Bertz CT molecular complexity index is 331. The van der Waals surface area contributed by atoms with Crippen LogP contribution in [0.1, 0.15) is 47.5 Å². The zero-order valence-electron chi connectivity index (χ0n) is 12.1. The molecule has 1 fully saturated rings. The number of carboxylic acids is 1. The number of amides is 1. The van der Waals surface area contributed by atoms with Crippen molar-refractivity contribution in [2.75, 3.05) is 13.1 Å². The zero-order chi connectivity index (χ0) is 14.1. The van der Waals surface area contributed by atoms with Crippen LogP contribution in [0.2, 0.25) is 0 Å². The highest BCUT2D eigenvalue weighted by Crippen LogP contribution is 2.33. The lowest BCUT2D eigenvalue weighted by molar-refractivity contribution is -0.157. The minimum atomic E-state index is -1.02. The predicted octanol–water partition coefficient (Wildman–Crippen LogP) is 2.38. The molecule has 1 rings (SSSR count). The lowest BCUT2D eigenvalue weighted by atomic mass is 9.78. The summed E-state index contributed by atoms with van der Waals surface area (Å²) < 4.78 is 0. The van der Waals surface area contributed by atoms with E-state index in [1.165, 1.54) is 0 Å². The van der Waals surface area contributed by atoms with Gasteiger partial charge in [-0.2, -0.15) is 0 Å². The fraction of sp³-hybridized carbons (Fsp3) is 0.857. The molecular weight excluding hydrogens is 230 g/mol. The fourth-order valence-corrected chi connectivity index (χ4v) is 2.36. The number of rotatable bonds is 2. The fourth-order valence-electron chi connectivity index (χ4n) is 2.36. The molecule has 1 atom stereocenters. The number of hydrogen-bond donors (Lipinski definition) is 1. The first-order chi connectivity index (χ1) is 8.04. The smallest absolute Gasteiger partial charge is 0.316 e. The minimum Gasteiger partial charge on any atom is -0.481 e. The van der Waals surface area contributed by atoms with Crippen LogP contribution in [-0.4, -0.2) is 35.0 Å². The van der Waals surface area contributed by atoms with Gasteiger partial charge in [0.1, 0.15) is 5.92 Å². The van der Waals surface area contributed by atoms with Crippen molar-refractivity contribution < 1.29 is 14.7 Å². The summed E-state index contributed by atoms with van der Waals surface area (Å²) in [4.78, 5) is 25.4. The zero-order valence-corrected chi connectivity index (χ0v) is 12.1. The van der Waals surface area contributed by atoms with Gasteiger partial charge in [-0.1, -0.05) is 34.6 Å². The average molecular weight is 255 g/mol. The second kappa shape index (κ2) is 4.90. The Balaban J connectivity index is 2.78. The van der Waals surface area contributed by atoms with Gasteiger partial charge in [0.2, 0.25) is 5.91 Å². The summed E-state index contributed by atoms with van der Waals surface area (Å²) in [6, 6.07) is 0. The molecule has 0 aliphatic carbocycles. The molecule has 0 aromatic carbocycles. The molecular formula is C14H25NO3. The van der Waals surface area contributed by atoms with Crippen LogP contribution >= 0.6 is 0 Å². The third-order valence-corrected chi connectivity index (χ3v) is 3.79. The molecule has 0 radical (unpaired) electrons. The molecule has 0 spiro atoms. The number of likely N-dealkylation sites (tertiary alicyclic amines) is 1. The van der Waals surface area contributed by atoms with Gasteiger partial charge in [0.15, 0.2) is 0 Å². The maximum absolute atomic E-state index is 12.3. The Labute approximate surface area is 109 Å². The van der Waals surface area contributed by atoms with Crippen molar-refractivity contribution in [3.63, 3.8) is 0 Å². The minimum absolute atomic E-state index is 0.231. The molecule has 1 aliphatic heterocycles. The van der Waals surface area contributed by atoms with Gasteiger partial charge >= 0.3 is 5.97 Å². The molecule has 1 aliphatic rings. The number of nitrogens with zero attached hydrogens (tertiary/aromatic N) is 1. The van der Waals surface area contributed by atoms with Crippen LogP contribution in [0.25, 0.3) is 0 Å². The largest absolute Gasteiger partial charge is 0.481 e. The molecule has 1 saturated heterocycles.